The number of benzene rings is 10. The summed E-state index contributed by atoms with van der Waals surface area (Å²) in [6, 6.07) is 97.2. The van der Waals surface area contributed by atoms with Crippen molar-refractivity contribution in [2.24, 2.45) is 0 Å². The summed E-state index contributed by atoms with van der Waals surface area (Å²) in [6.45, 7) is 13.5. The number of nitrogens with zero attached hydrogens (tertiary/aromatic N) is 4. The molecule has 4 heterocycles. The molecule has 532 valence electrons. The van der Waals surface area contributed by atoms with Crippen LogP contribution in [-0.2, 0) is 99.6 Å². The third-order valence-corrected chi connectivity index (χ3v) is 14.0. The molecule has 0 amide bonds. The van der Waals surface area contributed by atoms with E-state index in [1.54, 1.807) is 0 Å². The Bertz CT molecular complexity index is 5100. The maximum absolute atomic E-state index is 10.0. The van der Waals surface area contributed by atoms with E-state index < -0.39 is 0 Å². The second kappa shape index (κ2) is 45.1. The number of hydrogen-bond acceptors (Lipinski definition) is 12. The average molecular weight is 2070 g/mol. The minimum atomic E-state index is -0.125. The van der Waals surface area contributed by atoms with E-state index in [1.807, 2.05) is 127 Å². The van der Waals surface area contributed by atoms with Gasteiger partial charge in [0, 0.05) is 105 Å². The number of rotatable bonds is 7. The molecule has 16 heteroatoms. The van der Waals surface area contributed by atoms with Gasteiger partial charge in [-0.25, -0.2) is 0 Å². The number of aliphatic hydroxyl groups excluding tert-OH is 4. The van der Waals surface area contributed by atoms with Gasteiger partial charge < -0.3 is 20.4 Å². The van der Waals surface area contributed by atoms with Gasteiger partial charge in [-0.2, -0.15) is 0 Å². The van der Waals surface area contributed by atoms with E-state index >= 15 is 0 Å². The van der Waals surface area contributed by atoms with Gasteiger partial charge in [0.05, 0.1) is 45.1 Å². The fraction of sp³-hybridized carbons (Fsp3) is 0.103. The molecule has 0 aliphatic heterocycles. The van der Waals surface area contributed by atoms with Crippen LogP contribution in [0.2, 0.25) is 0 Å². The van der Waals surface area contributed by atoms with Crippen molar-refractivity contribution in [3.8, 4) is 33.8 Å². The Balaban J connectivity index is 0.000000316. The first-order valence-electron chi connectivity index (χ1n) is 31.6. The summed E-state index contributed by atoms with van der Waals surface area (Å²) in [5, 5.41) is 44.0. The monoisotopic (exact) mass is 2080 g/mol. The van der Waals surface area contributed by atoms with E-state index in [1.165, 1.54) is 123 Å². The van der Waals surface area contributed by atoms with Crippen molar-refractivity contribution in [2.75, 3.05) is 0 Å². The maximum atomic E-state index is 10.0. The third kappa shape index (κ3) is 29.1. The number of allylic oxidation sites excluding steroid dienone is 8. The molecular weight excluding hydrogens is 2000 g/mol. The zero-order chi connectivity index (χ0) is 71.2. The van der Waals surface area contributed by atoms with Crippen LogP contribution in [0.15, 0.2) is 296 Å². The molecule has 0 aliphatic carbocycles. The number of para-hydroxylation sites is 4. The maximum Gasteiger partial charge on any atom is 0.155 e. The Hall–Kier alpha value is -9.94. The van der Waals surface area contributed by atoms with Gasteiger partial charge in [0.15, 0.2) is 23.1 Å². The Morgan fingerprint density at radius 3 is 1.14 bits per heavy atom. The smallest absolute Gasteiger partial charge is 0.155 e. The first kappa shape index (κ1) is 87.3. The summed E-state index contributed by atoms with van der Waals surface area (Å²) in [4.78, 5) is 58.9. The first-order chi connectivity index (χ1) is 47.6. The molecule has 10 aromatic carbocycles. The van der Waals surface area contributed by atoms with Crippen LogP contribution in [0.4, 0.5) is 0 Å². The SMILES string of the molecule is CC(=O)C=C(C)O.CC(=O)C=C(C)O.CC(=O)C=C(C)O.CC(=O)C=C(C)O.Cc1c[c-]c(-c2ccc3ccccc3n2)cc1.[Ir].[Ir].[Ir].[Ir].[c-]1ccc2ccccc2c1-c1ccc2ccccc2n1.[c-]1cccc2ccc3cc4ccccc4nc3c12.[c-]1ccccc1-c1ccc2ccccc2n1. The molecular formula is C87H76Ir4N4O8-4. The van der Waals surface area contributed by atoms with Crippen molar-refractivity contribution in [1.82, 2.24) is 19.9 Å². The summed E-state index contributed by atoms with van der Waals surface area (Å²) in [6.07, 6.45) is 4.67. The van der Waals surface area contributed by atoms with Gasteiger partial charge in [-0.05, 0) is 129 Å². The number of ketones is 4. The van der Waals surface area contributed by atoms with Crippen molar-refractivity contribution in [3.05, 3.63) is 326 Å². The van der Waals surface area contributed by atoms with Gasteiger partial charge in [-0.15, -0.1) is 135 Å². The molecule has 0 atom stereocenters. The van der Waals surface area contributed by atoms with Gasteiger partial charge in [-0.1, -0.05) is 164 Å². The Labute approximate surface area is 655 Å². The molecule has 0 bridgehead atoms. The molecule has 0 unspecified atom stereocenters. The molecule has 12 nitrogen and oxygen atoms in total. The van der Waals surface area contributed by atoms with Crippen LogP contribution in [0.1, 0.15) is 61.0 Å². The first-order valence-corrected chi connectivity index (χ1v) is 31.6. The average Bonchev–Trinajstić information content (AvgIpc) is 0.781. The van der Waals surface area contributed by atoms with Crippen LogP contribution < -0.4 is 0 Å². The topological polar surface area (TPSA) is 201 Å². The van der Waals surface area contributed by atoms with Gasteiger partial charge >= 0.3 is 0 Å². The predicted molar refractivity (Wildman–Crippen MR) is 404 cm³/mol. The van der Waals surface area contributed by atoms with E-state index in [4.69, 9.17) is 30.4 Å². The van der Waals surface area contributed by atoms with E-state index in [0.717, 1.165) is 72.1 Å². The van der Waals surface area contributed by atoms with E-state index in [2.05, 4.69) is 162 Å². The fourth-order valence-corrected chi connectivity index (χ4v) is 9.84. The minimum absolute atomic E-state index is 0. The van der Waals surface area contributed by atoms with Crippen LogP contribution in [0.3, 0.4) is 0 Å². The summed E-state index contributed by atoms with van der Waals surface area (Å²) < 4.78 is 0. The van der Waals surface area contributed by atoms with Gasteiger partial charge in [0.1, 0.15) is 0 Å². The second-order valence-electron chi connectivity index (χ2n) is 22.7. The van der Waals surface area contributed by atoms with Gasteiger partial charge in [-0.3, -0.25) is 39.1 Å². The molecule has 0 aliphatic rings. The summed E-state index contributed by atoms with van der Waals surface area (Å²) in [7, 11) is 0. The van der Waals surface area contributed by atoms with Crippen molar-refractivity contribution < 1.29 is 120 Å². The zero-order valence-electron chi connectivity index (χ0n) is 58.0. The normalized spacial score (nSPS) is 10.6. The molecule has 0 saturated heterocycles. The molecule has 4 aromatic heterocycles. The standard InChI is InChI=1S/C19H12N.C17H10N.C16H12N.C15H10N.4C5H8O2.4Ir/c1-3-9-16-14(6-1)8-5-10-17(16)19-13-12-15-7-2-4-11-18(15)20-19;1-3-7-15-12(5-1)9-10-14-11-13-6-2-4-8-16(13)18-17(14)15;1-12-6-8-14(9-7-12)16-11-10-13-4-2-3-5-15(13)17-16;1-2-6-12(7-3-1)15-11-10-13-8-4-5-9-14(13)16-15;4*1-4(6)3-5(2)7;;;;/h1-9,11-13H;1-6,8-11H;2-8,10-11H,1H3;1-6,8-11H;4*3,6H,1-2H3;;;;/q4*-1;;;;;;;;. The number of pyridine rings is 4. The predicted octanol–water partition coefficient (Wildman–Crippen LogP) is 21.0. The van der Waals surface area contributed by atoms with Crippen LogP contribution in [-0.4, -0.2) is 63.5 Å². The molecule has 103 heavy (non-hydrogen) atoms. The van der Waals surface area contributed by atoms with Crippen molar-refractivity contribution >= 4 is 99.2 Å². The zero-order valence-corrected chi connectivity index (χ0v) is 67.6. The number of carbonyl (C=O) groups is 4. The van der Waals surface area contributed by atoms with Crippen LogP contribution in [0.5, 0.6) is 0 Å². The fourth-order valence-electron chi connectivity index (χ4n) is 9.84. The number of aliphatic hydroxyl groups is 4. The van der Waals surface area contributed by atoms with Crippen molar-refractivity contribution in [3.63, 3.8) is 0 Å². The molecule has 14 rings (SSSR count). The largest absolute Gasteiger partial charge is 0.512 e. The van der Waals surface area contributed by atoms with E-state index in [0.29, 0.717) is 0 Å². The number of aryl methyl sites for hydroxylation is 1. The molecule has 0 saturated carbocycles. The van der Waals surface area contributed by atoms with Crippen molar-refractivity contribution in [2.45, 2.75) is 62.3 Å². The molecule has 14 aromatic rings. The summed E-state index contributed by atoms with van der Waals surface area (Å²) in [5.41, 5.74) is 12.4. The Morgan fingerprint density at radius 1 is 0.320 bits per heavy atom. The molecule has 4 radical (unpaired) electrons. The number of carbonyl (C=O) groups excluding carboxylic acids is 4. The molecule has 4 N–H and O–H groups in total. The quantitative estimate of drug-likeness (QED) is 0.0387. The minimum Gasteiger partial charge on any atom is -0.512 e. The summed E-state index contributed by atoms with van der Waals surface area (Å²) in [5.74, 6) is -0.250. The van der Waals surface area contributed by atoms with E-state index in [9.17, 15) is 19.2 Å². The van der Waals surface area contributed by atoms with Crippen molar-refractivity contribution in [1.29, 1.82) is 0 Å². The second-order valence-corrected chi connectivity index (χ2v) is 22.7. The number of aromatic nitrogens is 4. The Morgan fingerprint density at radius 2 is 0.699 bits per heavy atom. The van der Waals surface area contributed by atoms with Crippen LogP contribution in [0, 0.1) is 31.2 Å². The number of fused-ring (bicyclic) bond motifs is 8. The third-order valence-electron chi connectivity index (χ3n) is 14.0. The summed E-state index contributed by atoms with van der Waals surface area (Å²) >= 11 is 0. The molecule has 0 fully saturated rings. The number of hydrogen-bond donors (Lipinski definition) is 4. The van der Waals surface area contributed by atoms with Gasteiger partial charge in [0.25, 0.3) is 0 Å². The molecule has 0 spiro atoms. The van der Waals surface area contributed by atoms with Crippen LogP contribution in [0.25, 0.3) is 110 Å². The Kier molecular flexibility index (Phi) is 38.2. The van der Waals surface area contributed by atoms with Gasteiger partial charge in [0.2, 0.25) is 0 Å². The van der Waals surface area contributed by atoms with Crippen LogP contribution >= 0.6 is 0 Å². The van der Waals surface area contributed by atoms with E-state index in [-0.39, 0.29) is 127 Å².